The van der Waals surface area contributed by atoms with E-state index >= 15 is 8.78 Å². The van der Waals surface area contributed by atoms with E-state index in [4.69, 9.17) is 10.00 Å². The van der Waals surface area contributed by atoms with E-state index in [1.807, 2.05) is 6.07 Å². The van der Waals surface area contributed by atoms with Crippen molar-refractivity contribution in [1.82, 2.24) is 14.5 Å². The van der Waals surface area contributed by atoms with E-state index in [1.54, 1.807) is 0 Å². The third-order valence-corrected chi connectivity index (χ3v) is 7.51. The van der Waals surface area contributed by atoms with Crippen molar-refractivity contribution in [1.29, 1.82) is 5.26 Å². The summed E-state index contributed by atoms with van der Waals surface area (Å²) in [4.78, 5) is 20.2. The van der Waals surface area contributed by atoms with E-state index in [1.165, 1.54) is 53.1 Å². The minimum absolute atomic E-state index is 0.0302. The number of hydrogen-bond acceptors (Lipinski definition) is 5. The van der Waals surface area contributed by atoms with E-state index in [0.29, 0.717) is 11.0 Å². The third-order valence-electron chi connectivity index (χ3n) is 7.51. The molecule has 2 heterocycles. The van der Waals surface area contributed by atoms with Crippen LogP contribution in [-0.4, -0.2) is 32.0 Å². The highest BCUT2D eigenvalue weighted by Gasteiger charge is 2.47. The number of alkyl halides is 2. The number of carboxylic acid groups (broad SMARTS) is 1. The summed E-state index contributed by atoms with van der Waals surface area (Å²) in [6.07, 6.45) is -2.69. The Bertz CT molecular complexity index is 1970. The summed E-state index contributed by atoms with van der Waals surface area (Å²) in [6.45, 7) is -0.216. The second-order valence-electron chi connectivity index (χ2n) is 10.4. The molecule has 1 N–H and O–H groups in total. The van der Waals surface area contributed by atoms with Crippen LogP contribution in [0.15, 0.2) is 66.7 Å². The normalized spacial score (nSPS) is 15.8. The molecule has 0 spiro atoms. The minimum Gasteiger partial charge on any atom is -0.478 e. The molecule has 0 radical (unpaired) electrons. The van der Waals surface area contributed by atoms with Crippen LogP contribution in [0.4, 0.5) is 22.0 Å². The van der Waals surface area contributed by atoms with Crippen LogP contribution in [0.3, 0.4) is 0 Å². The van der Waals surface area contributed by atoms with Gasteiger partial charge in [-0.25, -0.2) is 36.7 Å². The number of carbonyl (C=O) groups is 1. The molecule has 1 aliphatic carbocycles. The monoisotopic (exact) mass is 604 g/mol. The Balaban J connectivity index is 1.28. The molecular weight excluding hydrogens is 583 g/mol. The number of ether oxygens (including phenoxy) is 1. The highest BCUT2D eigenvalue weighted by atomic mass is 19.3. The van der Waals surface area contributed by atoms with Crippen molar-refractivity contribution in [3.05, 3.63) is 112 Å². The summed E-state index contributed by atoms with van der Waals surface area (Å²) < 4.78 is 79.0. The molecule has 1 saturated carbocycles. The lowest BCUT2D eigenvalue weighted by molar-refractivity contribution is 0.0696. The SMILES string of the molecule is N#Cc1ccc(COc2cccc(-c3cc(F)c(Cc4nc5ccc(C(=O)O)cc5n4[C@@H]4CC4C(F)F)cc3F)n2)c(F)c1. The van der Waals surface area contributed by atoms with Crippen molar-refractivity contribution in [2.45, 2.75) is 31.9 Å². The zero-order valence-corrected chi connectivity index (χ0v) is 22.6. The van der Waals surface area contributed by atoms with Crippen LogP contribution in [-0.2, 0) is 13.0 Å². The molecule has 12 heteroatoms. The lowest BCUT2D eigenvalue weighted by atomic mass is 10.0. The number of aromatic carboxylic acids is 1. The number of imidazole rings is 1. The lowest BCUT2D eigenvalue weighted by Crippen LogP contribution is -2.08. The Kier molecular flexibility index (Phi) is 7.47. The molecule has 1 fully saturated rings. The molecule has 7 nitrogen and oxygen atoms in total. The molecule has 2 atom stereocenters. The fourth-order valence-corrected chi connectivity index (χ4v) is 5.16. The second kappa shape index (κ2) is 11.4. The van der Waals surface area contributed by atoms with Crippen LogP contribution in [0.5, 0.6) is 5.88 Å². The first-order valence-electron chi connectivity index (χ1n) is 13.4. The number of rotatable bonds is 9. The quantitative estimate of drug-likeness (QED) is 0.181. The van der Waals surface area contributed by atoms with Crippen LogP contribution in [0.25, 0.3) is 22.3 Å². The maximum Gasteiger partial charge on any atom is 0.335 e. The van der Waals surface area contributed by atoms with Crippen LogP contribution < -0.4 is 4.74 Å². The van der Waals surface area contributed by atoms with Gasteiger partial charge in [-0.3, -0.25) is 0 Å². The number of hydrogen-bond donors (Lipinski definition) is 1. The van der Waals surface area contributed by atoms with Crippen LogP contribution in [0, 0.1) is 34.7 Å². The zero-order valence-electron chi connectivity index (χ0n) is 22.6. The molecular formula is C32H21F5N4O3. The standard InChI is InChI=1S/C32H21F5N4O3/c33-22-8-16(14-38)4-5-18(22)15-44-30-3-1-2-25(40-30)20-12-23(34)19(9-24(20)35)11-29-39-26-7-6-17(32(42)43)10-28(26)41(29)27-13-21(27)31(36)37/h1-10,12,21,27,31H,11,13,15H2,(H,42,43)/t21?,27-/m1/s1. The van der Waals surface area contributed by atoms with Crippen molar-refractivity contribution >= 4 is 17.0 Å². The molecule has 0 amide bonds. The average Bonchev–Trinajstić information content (AvgIpc) is 3.72. The van der Waals surface area contributed by atoms with Gasteiger partial charge in [-0.1, -0.05) is 12.1 Å². The first-order valence-corrected chi connectivity index (χ1v) is 13.4. The van der Waals surface area contributed by atoms with Crippen molar-refractivity contribution in [2.24, 2.45) is 5.92 Å². The van der Waals surface area contributed by atoms with E-state index in [2.05, 4.69) is 9.97 Å². The zero-order chi connectivity index (χ0) is 31.1. The van der Waals surface area contributed by atoms with E-state index < -0.39 is 41.8 Å². The fraction of sp³-hybridized carbons (Fsp3) is 0.188. The largest absolute Gasteiger partial charge is 0.478 e. The molecule has 2 aromatic heterocycles. The maximum absolute atomic E-state index is 15.4. The number of halogens is 5. The predicted octanol–water partition coefficient (Wildman–Crippen LogP) is 7.08. The van der Waals surface area contributed by atoms with Crippen LogP contribution >= 0.6 is 0 Å². The van der Waals surface area contributed by atoms with Gasteiger partial charge in [0, 0.05) is 35.6 Å². The predicted molar refractivity (Wildman–Crippen MR) is 148 cm³/mol. The van der Waals surface area contributed by atoms with Gasteiger partial charge in [0.1, 0.15) is 29.9 Å². The van der Waals surface area contributed by atoms with Crippen molar-refractivity contribution in [3.8, 4) is 23.2 Å². The fourth-order valence-electron chi connectivity index (χ4n) is 5.16. The third kappa shape index (κ3) is 5.56. The van der Waals surface area contributed by atoms with Crippen LogP contribution in [0.2, 0.25) is 0 Å². The summed E-state index contributed by atoms with van der Waals surface area (Å²) >= 11 is 0. The van der Waals surface area contributed by atoms with E-state index in [0.717, 1.165) is 18.2 Å². The Morgan fingerprint density at radius 1 is 1.00 bits per heavy atom. The lowest BCUT2D eigenvalue weighted by Gasteiger charge is -2.12. The smallest absolute Gasteiger partial charge is 0.335 e. The Morgan fingerprint density at radius 3 is 2.50 bits per heavy atom. The molecule has 6 rings (SSSR count). The van der Waals surface area contributed by atoms with Gasteiger partial charge in [0.05, 0.1) is 33.9 Å². The van der Waals surface area contributed by atoms with Gasteiger partial charge in [0.2, 0.25) is 12.3 Å². The van der Waals surface area contributed by atoms with E-state index in [-0.39, 0.29) is 64.7 Å². The molecule has 3 aromatic carbocycles. The number of fused-ring (bicyclic) bond motifs is 1. The number of carboxylic acids is 1. The number of pyridine rings is 1. The molecule has 0 aliphatic heterocycles. The van der Waals surface area contributed by atoms with Gasteiger partial charge in [-0.2, -0.15) is 5.26 Å². The van der Waals surface area contributed by atoms with Gasteiger partial charge in [-0.05, 0) is 60.5 Å². The molecule has 1 unspecified atom stereocenters. The summed E-state index contributed by atoms with van der Waals surface area (Å²) in [5.41, 5.74) is 0.756. The molecule has 0 saturated heterocycles. The summed E-state index contributed by atoms with van der Waals surface area (Å²) in [5, 5.41) is 18.3. The van der Waals surface area contributed by atoms with E-state index in [9.17, 15) is 23.1 Å². The topological polar surface area (TPSA) is 101 Å². The highest BCUT2D eigenvalue weighted by Crippen LogP contribution is 2.49. The van der Waals surface area contributed by atoms with Gasteiger partial charge in [0.15, 0.2) is 0 Å². The Hall–Kier alpha value is -5.31. The average molecular weight is 605 g/mol. The van der Waals surface area contributed by atoms with Crippen LogP contribution in [0.1, 0.15) is 45.3 Å². The summed E-state index contributed by atoms with van der Waals surface area (Å²) in [6, 6.07) is 15.6. The maximum atomic E-state index is 15.4. The van der Waals surface area contributed by atoms with Crippen molar-refractivity contribution in [3.63, 3.8) is 0 Å². The second-order valence-corrected chi connectivity index (χ2v) is 10.4. The van der Waals surface area contributed by atoms with Gasteiger partial charge < -0.3 is 14.4 Å². The van der Waals surface area contributed by atoms with Gasteiger partial charge in [0.25, 0.3) is 0 Å². The Morgan fingerprint density at radius 2 is 1.80 bits per heavy atom. The van der Waals surface area contributed by atoms with Gasteiger partial charge >= 0.3 is 5.97 Å². The molecule has 222 valence electrons. The molecule has 0 bridgehead atoms. The van der Waals surface area contributed by atoms with Crippen molar-refractivity contribution < 1.29 is 36.6 Å². The minimum atomic E-state index is -2.60. The molecule has 44 heavy (non-hydrogen) atoms. The number of nitriles is 1. The Labute approximate surface area is 246 Å². The van der Waals surface area contributed by atoms with Gasteiger partial charge in [-0.15, -0.1) is 0 Å². The summed E-state index contributed by atoms with van der Waals surface area (Å²) in [7, 11) is 0. The first kappa shape index (κ1) is 28.8. The number of benzene rings is 3. The summed E-state index contributed by atoms with van der Waals surface area (Å²) in [5.74, 6) is -4.16. The highest BCUT2D eigenvalue weighted by molar-refractivity contribution is 5.92. The molecule has 5 aromatic rings. The van der Waals surface area contributed by atoms with Crippen molar-refractivity contribution in [2.75, 3.05) is 0 Å². The number of nitrogens with zero attached hydrogens (tertiary/aromatic N) is 4. The number of aromatic nitrogens is 3. The molecule has 1 aliphatic rings. The first-order chi connectivity index (χ1) is 21.1.